The van der Waals surface area contributed by atoms with E-state index in [1.54, 1.807) is 0 Å². The maximum Gasteiger partial charge on any atom is 0.330 e. The number of hydrogen-bond donors (Lipinski definition) is 3. The Kier molecular flexibility index (Phi) is 4.55. The highest BCUT2D eigenvalue weighted by Crippen LogP contribution is 2.27. The Morgan fingerprint density at radius 2 is 2.21 bits per heavy atom. The largest absolute Gasteiger partial charge is 0.394 e. The summed E-state index contributed by atoms with van der Waals surface area (Å²) in [5, 5.41) is 26.4. The van der Waals surface area contributed by atoms with Gasteiger partial charge in [-0.05, 0) is 0 Å². The van der Waals surface area contributed by atoms with Crippen LogP contribution in [0.2, 0.25) is 0 Å². The molecular formula is C13H16FN5O5. The van der Waals surface area contributed by atoms with Crippen LogP contribution in [0.3, 0.4) is 0 Å². The van der Waals surface area contributed by atoms with E-state index in [0.29, 0.717) is 0 Å². The van der Waals surface area contributed by atoms with Crippen LogP contribution < -0.4 is 11.2 Å². The Balaban J connectivity index is 1.97. The highest BCUT2D eigenvalue weighted by atomic mass is 19.1. The summed E-state index contributed by atoms with van der Waals surface area (Å²) in [5.74, 6) is 0. The minimum Gasteiger partial charge on any atom is -0.394 e. The van der Waals surface area contributed by atoms with E-state index in [-0.39, 0.29) is 30.8 Å². The summed E-state index contributed by atoms with van der Waals surface area (Å²) < 4.78 is 20.1. The zero-order valence-corrected chi connectivity index (χ0v) is 12.5. The second-order valence-corrected chi connectivity index (χ2v) is 5.38. The third-order valence-corrected chi connectivity index (χ3v) is 3.79. The lowest BCUT2D eigenvalue weighted by Crippen LogP contribution is -2.33. The van der Waals surface area contributed by atoms with Crippen molar-refractivity contribution < 1.29 is 19.3 Å². The summed E-state index contributed by atoms with van der Waals surface area (Å²) in [7, 11) is 0. The fraction of sp³-hybridized carbons (Fsp3) is 0.538. The van der Waals surface area contributed by atoms with Crippen molar-refractivity contribution in [3.8, 4) is 11.3 Å². The van der Waals surface area contributed by atoms with Crippen LogP contribution in [-0.4, -0.2) is 60.2 Å². The number of ether oxygens (including phenoxy) is 1. The average molecular weight is 341 g/mol. The van der Waals surface area contributed by atoms with Gasteiger partial charge in [0.05, 0.1) is 31.0 Å². The number of aryl methyl sites for hydroxylation is 1. The lowest BCUT2D eigenvalue weighted by molar-refractivity contribution is -0.0458. The van der Waals surface area contributed by atoms with Gasteiger partial charge in [0.1, 0.15) is 24.7 Å². The fourth-order valence-electron chi connectivity index (χ4n) is 2.55. The van der Waals surface area contributed by atoms with E-state index in [9.17, 15) is 19.1 Å². The molecule has 10 nitrogen and oxygen atoms in total. The van der Waals surface area contributed by atoms with Gasteiger partial charge in [-0.3, -0.25) is 14.3 Å². The molecule has 130 valence electrons. The molecule has 3 atom stereocenters. The van der Waals surface area contributed by atoms with Gasteiger partial charge in [-0.1, -0.05) is 5.21 Å². The summed E-state index contributed by atoms with van der Waals surface area (Å²) in [6, 6.07) is 0. The van der Waals surface area contributed by atoms with Gasteiger partial charge in [-0.2, -0.15) is 0 Å². The Hall–Kier alpha value is -2.37. The maximum atomic E-state index is 12.3. The SMILES string of the molecule is O=c1[nH]c(=O)n([C@H]2C[C@H](O)[C@@H](CO)O2)cc1-c1cn(CCF)nn1. The van der Waals surface area contributed by atoms with E-state index < -0.39 is 36.4 Å². The van der Waals surface area contributed by atoms with E-state index in [2.05, 4.69) is 15.3 Å². The van der Waals surface area contributed by atoms with Gasteiger partial charge < -0.3 is 14.9 Å². The number of rotatable bonds is 5. The number of aliphatic hydroxyl groups is 2. The molecule has 1 aliphatic rings. The zero-order chi connectivity index (χ0) is 17.3. The molecule has 0 spiro atoms. The lowest BCUT2D eigenvalue weighted by Gasteiger charge is -2.14. The summed E-state index contributed by atoms with van der Waals surface area (Å²) in [4.78, 5) is 26.2. The standard InChI is InChI=1S/C13H16FN5O5/c14-1-2-18-5-8(16-17-18)7-4-19(13(23)15-12(7)22)11-3-9(21)10(6-20)24-11/h4-5,9-11,20-21H,1-3,6H2,(H,15,22,23)/t9-,10+,11+/m0/s1. The molecule has 0 aromatic carbocycles. The molecule has 11 heteroatoms. The number of nitrogens with zero attached hydrogens (tertiary/aromatic N) is 4. The molecule has 1 aliphatic heterocycles. The third-order valence-electron chi connectivity index (χ3n) is 3.79. The Bertz CT molecular complexity index is 831. The molecule has 0 amide bonds. The van der Waals surface area contributed by atoms with Gasteiger partial charge in [0.2, 0.25) is 0 Å². The third kappa shape index (κ3) is 3.00. The van der Waals surface area contributed by atoms with Crippen molar-refractivity contribution in [3.63, 3.8) is 0 Å². The quantitative estimate of drug-likeness (QED) is 0.596. The smallest absolute Gasteiger partial charge is 0.330 e. The van der Waals surface area contributed by atoms with Crippen molar-refractivity contribution >= 4 is 0 Å². The van der Waals surface area contributed by atoms with Crippen molar-refractivity contribution in [2.45, 2.75) is 31.4 Å². The Morgan fingerprint density at radius 3 is 2.88 bits per heavy atom. The van der Waals surface area contributed by atoms with E-state index >= 15 is 0 Å². The number of alkyl halides is 1. The van der Waals surface area contributed by atoms with Gasteiger partial charge in [-0.25, -0.2) is 13.9 Å². The van der Waals surface area contributed by atoms with Gasteiger partial charge in [0.15, 0.2) is 0 Å². The fourth-order valence-corrected chi connectivity index (χ4v) is 2.55. The molecule has 0 unspecified atom stereocenters. The average Bonchev–Trinajstić information content (AvgIpc) is 3.14. The number of hydrogen-bond acceptors (Lipinski definition) is 7. The van der Waals surface area contributed by atoms with E-state index in [1.807, 2.05) is 0 Å². The van der Waals surface area contributed by atoms with E-state index in [4.69, 9.17) is 9.84 Å². The number of aromatic amines is 1. The van der Waals surface area contributed by atoms with Gasteiger partial charge in [0.25, 0.3) is 5.56 Å². The van der Waals surface area contributed by atoms with Gasteiger partial charge >= 0.3 is 5.69 Å². The molecule has 2 aromatic rings. The number of H-pyrrole nitrogens is 1. The summed E-state index contributed by atoms with van der Waals surface area (Å²) >= 11 is 0. The molecule has 3 N–H and O–H groups in total. The summed E-state index contributed by atoms with van der Waals surface area (Å²) in [6.45, 7) is -1.02. The molecule has 3 rings (SSSR count). The van der Waals surface area contributed by atoms with Crippen molar-refractivity contribution in [2.75, 3.05) is 13.3 Å². The van der Waals surface area contributed by atoms with Crippen molar-refractivity contribution in [2.24, 2.45) is 0 Å². The van der Waals surface area contributed by atoms with Gasteiger partial charge in [-0.15, -0.1) is 5.10 Å². The second-order valence-electron chi connectivity index (χ2n) is 5.38. The highest BCUT2D eigenvalue weighted by Gasteiger charge is 2.35. The molecular weight excluding hydrogens is 325 g/mol. The van der Waals surface area contributed by atoms with Crippen LogP contribution in [0.5, 0.6) is 0 Å². The minimum absolute atomic E-state index is 0.000647. The van der Waals surface area contributed by atoms with Crippen molar-refractivity contribution in [1.29, 1.82) is 0 Å². The molecule has 1 fully saturated rings. The van der Waals surface area contributed by atoms with Crippen molar-refractivity contribution in [1.82, 2.24) is 24.5 Å². The first kappa shape index (κ1) is 16.5. The zero-order valence-electron chi connectivity index (χ0n) is 12.5. The Labute approximate surface area is 134 Å². The molecule has 0 radical (unpaired) electrons. The lowest BCUT2D eigenvalue weighted by atomic mass is 10.2. The van der Waals surface area contributed by atoms with Crippen LogP contribution in [0, 0.1) is 0 Å². The second kappa shape index (κ2) is 6.63. The van der Waals surface area contributed by atoms with Crippen LogP contribution in [0.15, 0.2) is 22.0 Å². The maximum absolute atomic E-state index is 12.3. The molecule has 0 aliphatic carbocycles. The first-order valence-corrected chi connectivity index (χ1v) is 7.29. The van der Waals surface area contributed by atoms with Gasteiger partial charge in [0, 0.05) is 12.6 Å². The first-order valence-electron chi connectivity index (χ1n) is 7.29. The molecule has 24 heavy (non-hydrogen) atoms. The van der Waals surface area contributed by atoms with Crippen LogP contribution in [0.25, 0.3) is 11.3 Å². The monoisotopic (exact) mass is 341 g/mol. The number of aromatic nitrogens is 5. The molecule has 0 saturated carbocycles. The summed E-state index contributed by atoms with van der Waals surface area (Å²) in [6.07, 6.45) is 0.171. The van der Waals surface area contributed by atoms with Crippen LogP contribution >= 0.6 is 0 Å². The number of halogens is 1. The van der Waals surface area contributed by atoms with Crippen molar-refractivity contribution in [3.05, 3.63) is 33.2 Å². The van der Waals surface area contributed by atoms with Crippen LogP contribution in [0.1, 0.15) is 12.6 Å². The van der Waals surface area contributed by atoms with E-state index in [1.165, 1.54) is 17.1 Å². The molecule has 0 bridgehead atoms. The highest BCUT2D eigenvalue weighted by molar-refractivity contribution is 5.54. The summed E-state index contributed by atoms with van der Waals surface area (Å²) in [5.41, 5.74) is -1.14. The normalized spacial score (nSPS) is 23.7. The number of nitrogens with one attached hydrogen (secondary N) is 1. The molecule has 3 heterocycles. The topological polar surface area (TPSA) is 135 Å². The number of aliphatic hydroxyl groups excluding tert-OH is 2. The minimum atomic E-state index is -0.923. The first-order chi connectivity index (χ1) is 11.5. The van der Waals surface area contributed by atoms with Crippen LogP contribution in [0.4, 0.5) is 4.39 Å². The Morgan fingerprint density at radius 1 is 1.42 bits per heavy atom. The van der Waals surface area contributed by atoms with Crippen LogP contribution in [-0.2, 0) is 11.3 Å². The predicted molar refractivity (Wildman–Crippen MR) is 77.9 cm³/mol. The molecule has 1 saturated heterocycles. The molecule has 2 aromatic heterocycles. The predicted octanol–water partition coefficient (Wildman–Crippen LogP) is -1.59. The van der Waals surface area contributed by atoms with E-state index in [0.717, 1.165) is 4.57 Å².